The number of hydrogen-bond acceptors (Lipinski definition) is 4. The molecule has 1 aliphatic heterocycles. The maximum Gasteiger partial charge on any atom is 0.327 e. The van der Waals surface area contributed by atoms with Gasteiger partial charge < -0.3 is 10.0 Å². The van der Waals surface area contributed by atoms with Crippen LogP contribution in [0.2, 0.25) is 0 Å². The summed E-state index contributed by atoms with van der Waals surface area (Å²) in [5.74, 6) is -0.496. The number of amides is 1. The van der Waals surface area contributed by atoms with Crippen molar-refractivity contribution >= 4 is 35.0 Å². The van der Waals surface area contributed by atoms with Crippen molar-refractivity contribution in [1.82, 2.24) is 4.90 Å². The Kier molecular flexibility index (Phi) is 4.29. The minimum atomic E-state index is -0.905. The van der Waals surface area contributed by atoms with Crippen molar-refractivity contribution in [2.75, 3.05) is 5.75 Å². The number of carbonyl (C=O) groups is 2. The fourth-order valence-corrected chi connectivity index (χ4v) is 4.12. The molecule has 0 bridgehead atoms. The molecule has 0 aromatic carbocycles. The Morgan fingerprint density at radius 3 is 2.89 bits per heavy atom. The van der Waals surface area contributed by atoms with Crippen LogP contribution in [0, 0.1) is 0 Å². The number of aliphatic carboxylic acids is 1. The molecule has 1 N–H and O–H groups in total. The molecule has 2 atom stereocenters. The molecule has 2 heterocycles. The van der Waals surface area contributed by atoms with E-state index in [2.05, 4.69) is 0 Å². The molecule has 0 spiro atoms. The average Bonchev–Trinajstić information content (AvgIpc) is 2.95. The summed E-state index contributed by atoms with van der Waals surface area (Å²) in [6.07, 6.45) is 1.09. The maximum absolute atomic E-state index is 12.3. The Morgan fingerprint density at radius 2 is 2.33 bits per heavy atom. The van der Waals surface area contributed by atoms with E-state index in [-0.39, 0.29) is 11.3 Å². The number of carboxylic acids is 1. The highest BCUT2D eigenvalue weighted by Gasteiger charge is 2.40. The number of carbonyl (C=O) groups excluding carboxylic acids is 1. The summed E-state index contributed by atoms with van der Waals surface area (Å²) in [4.78, 5) is 26.0. The molecule has 0 aliphatic carbocycles. The lowest BCUT2D eigenvalue weighted by atomic mass is 10.2. The Morgan fingerprint density at radius 1 is 1.56 bits per heavy atom. The fourth-order valence-electron chi connectivity index (χ4n) is 2.06. The van der Waals surface area contributed by atoms with Crippen LogP contribution in [0.4, 0.5) is 0 Å². The molecule has 1 amide bonds. The molecule has 2 rings (SSSR count). The summed E-state index contributed by atoms with van der Waals surface area (Å²) in [6, 6.07) is 3.13. The van der Waals surface area contributed by atoms with Crippen LogP contribution >= 0.6 is 23.1 Å². The predicted octanol–water partition coefficient (Wildman–Crippen LogP) is 2.06. The third-order valence-electron chi connectivity index (χ3n) is 2.92. The second-order valence-electron chi connectivity index (χ2n) is 4.11. The molecule has 2 unspecified atom stereocenters. The molecule has 1 saturated heterocycles. The number of carboxylic acid groups (broad SMARTS) is 1. The zero-order valence-corrected chi connectivity index (χ0v) is 11.7. The Labute approximate surface area is 114 Å². The van der Waals surface area contributed by atoms with Gasteiger partial charge in [0.25, 0.3) is 0 Å². The monoisotopic (exact) mass is 285 g/mol. The maximum atomic E-state index is 12.3. The highest BCUT2D eigenvalue weighted by atomic mass is 32.2. The second-order valence-corrected chi connectivity index (χ2v) is 6.35. The van der Waals surface area contributed by atoms with Gasteiger partial charge in [-0.15, -0.1) is 23.1 Å². The fraction of sp³-hybridized carbons (Fsp3) is 0.500. The van der Waals surface area contributed by atoms with Crippen molar-refractivity contribution < 1.29 is 14.7 Å². The van der Waals surface area contributed by atoms with Gasteiger partial charge in [0.1, 0.15) is 6.04 Å². The largest absolute Gasteiger partial charge is 0.480 e. The van der Waals surface area contributed by atoms with Crippen LogP contribution in [0.1, 0.15) is 18.2 Å². The molecule has 98 valence electrons. The van der Waals surface area contributed by atoms with E-state index < -0.39 is 12.0 Å². The summed E-state index contributed by atoms with van der Waals surface area (Å²) in [7, 11) is 0. The molecule has 0 saturated carbocycles. The number of thioether (sulfide) groups is 1. The van der Waals surface area contributed by atoms with Crippen molar-refractivity contribution in [1.29, 1.82) is 0 Å². The van der Waals surface area contributed by atoms with Crippen LogP contribution < -0.4 is 0 Å². The summed E-state index contributed by atoms with van der Waals surface area (Å²) in [5, 5.41) is 11.1. The zero-order chi connectivity index (χ0) is 13.1. The SMILES string of the molecule is CCC1SCC(C(=O)O)N1C(=O)Cc1cccs1. The second kappa shape index (κ2) is 5.75. The molecule has 1 fully saturated rings. The zero-order valence-electron chi connectivity index (χ0n) is 10.0. The van der Waals surface area contributed by atoms with Gasteiger partial charge in [-0.1, -0.05) is 13.0 Å². The third kappa shape index (κ3) is 2.70. The molecule has 1 aromatic rings. The molecule has 0 radical (unpaired) electrons. The molecule has 4 nitrogen and oxygen atoms in total. The van der Waals surface area contributed by atoms with Crippen LogP contribution in [0.5, 0.6) is 0 Å². The normalized spacial score (nSPS) is 23.3. The first-order valence-corrected chi connectivity index (χ1v) is 7.74. The molecule has 1 aromatic heterocycles. The lowest BCUT2D eigenvalue weighted by Crippen LogP contribution is -2.46. The highest BCUT2D eigenvalue weighted by Crippen LogP contribution is 2.32. The third-order valence-corrected chi connectivity index (χ3v) is 5.25. The molecular weight excluding hydrogens is 270 g/mol. The van der Waals surface area contributed by atoms with Crippen LogP contribution in [0.15, 0.2) is 17.5 Å². The first-order chi connectivity index (χ1) is 8.63. The van der Waals surface area contributed by atoms with Crippen molar-refractivity contribution in [3.05, 3.63) is 22.4 Å². The lowest BCUT2D eigenvalue weighted by molar-refractivity contribution is -0.148. The minimum absolute atomic E-state index is 0.00133. The van der Waals surface area contributed by atoms with Gasteiger partial charge in [-0.2, -0.15) is 0 Å². The van der Waals surface area contributed by atoms with E-state index in [1.54, 1.807) is 16.7 Å². The first-order valence-electron chi connectivity index (χ1n) is 5.81. The van der Waals surface area contributed by atoms with E-state index in [9.17, 15) is 9.59 Å². The van der Waals surface area contributed by atoms with Gasteiger partial charge in [-0.05, 0) is 17.9 Å². The Bertz CT molecular complexity index is 433. The standard InChI is InChI=1S/C12H15NO3S2/c1-2-11-13(9(7-18-11)12(15)16)10(14)6-8-4-3-5-17-8/h3-5,9,11H,2,6-7H2,1H3,(H,15,16). The lowest BCUT2D eigenvalue weighted by Gasteiger charge is -2.26. The molecule has 18 heavy (non-hydrogen) atoms. The summed E-state index contributed by atoms with van der Waals surface area (Å²) < 4.78 is 0. The van der Waals surface area contributed by atoms with E-state index >= 15 is 0 Å². The first kappa shape index (κ1) is 13.4. The van der Waals surface area contributed by atoms with Crippen molar-refractivity contribution in [2.24, 2.45) is 0 Å². The summed E-state index contributed by atoms with van der Waals surface area (Å²) in [5.41, 5.74) is 0. The Hall–Kier alpha value is -1.01. The van der Waals surface area contributed by atoms with Crippen molar-refractivity contribution in [2.45, 2.75) is 31.2 Å². The van der Waals surface area contributed by atoms with Gasteiger partial charge in [0, 0.05) is 10.6 Å². The number of nitrogens with zero attached hydrogens (tertiary/aromatic N) is 1. The van der Waals surface area contributed by atoms with E-state index in [4.69, 9.17) is 5.11 Å². The smallest absolute Gasteiger partial charge is 0.327 e. The van der Waals surface area contributed by atoms with Crippen molar-refractivity contribution in [3.8, 4) is 0 Å². The van der Waals surface area contributed by atoms with Gasteiger partial charge in [-0.3, -0.25) is 4.79 Å². The van der Waals surface area contributed by atoms with Gasteiger partial charge >= 0.3 is 5.97 Å². The van der Waals surface area contributed by atoms with Gasteiger partial charge in [0.2, 0.25) is 5.91 Å². The van der Waals surface area contributed by atoms with Crippen LogP contribution in [0.3, 0.4) is 0 Å². The van der Waals surface area contributed by atoms with E-state index in [1.165, 1.54) is 11.3 Å². The van der Waals surface area contributed by atoms with Crippen LogP contribution in [-0.2, 0) is 16.0 Å². The molecular formula is C12H15NO3S2. The Balaban J connectivity index is 2.11. The number of hydrogen-bond donors (Lipinski definition) is 1. The number of rotatable bonds is 4. The molecule has 1 aliphatic rings. The predicted molar refractivity (Wildman–Crippen MR) is 72.8 cm³/mol. The average molecular weight is 285 g/mol. The van der Waals surface area contributed by atoms with Gasteiger partial charge in [0.15, 0.2) is 0 Å². The van der Waals surface area contributed by atoms with Crippen LogP contribution in [-0.4, -0.2) is 39.1 Å². The quantitative estimate of drug-likeness (QED) is 0.920. The summed E-state index contributed by atoms with van der Waals surface area (Å²) >= 11 is 3.08. The van der Waals surface area contributed by atoms with Gasteiger partial charge in [0.05, 0.1) is 11.8 Å². The number of thiophene rings is 1. The van der Waals surface area contributed by atoms with Crippen molar-refractivity contribution in [3.63, 3.8) is 0 Å². The van der Waals surface area contributed by atoms with E-state index in [0.717, 1.165) is 11.3 Å². The van der Waals surface area contributed by atoms with Gasteiger partial charge in [-0.25, -0.2) is 4.79 Å². The topological polar surface area (TPSA) is 57.6 Å². The van der Waals surface area contributed by atoms with Crippen LogP contribution in [0.25, 0.3) is 0 Å². The summed E-state index contributed by atoms with van der Waals surface area (Å²) in [6.45, 7) is 1.98. The minimum Gasteiger partial charge on any atom is -0.480 e. The van der Waals surface area contributed by atoms with E-state index in [1.807, 2.05) is 24.4 Å². The van der Waals surface area contributed by atoms with E-state index in [0.29, 0.717) is 12.2 Å². The highest BCUT2D eigenvalue weighted by molar-refractivity contribution is 8.00. The molecule has 6 heteroatoms.